The highest BCUT2D eigenvalue weighted by atomic mass is 32.2. The Hall–Kier alpha value is -1.31. The molecule has 0 bridgehead atoms. The van der Waals surface area contributed by atoms with Crippen molar-refractivity contribution in [2.24, 2.45) is 11.8 Å². The van der Waals surface area contributed by atoms with E-state index in [-0.39, 0.29) is 35.9 Å². The largest absolute Gasteiger partial charge is 0.338 e. The maximum Gasteiger partial charge on any atom is 0.319 e. The zero-order valence-corrected chi connectivity index (χ0v) is 13.5. The van der Waals surface area contributed by atoms with Crippen LogP contribution in [0.4, 0.5) is 4.79 Å². The van der Waals surface area contributed by atoms with Crippen LogP contribution in [0.3, 0.4) is 0 Å². The van der Waals surface area contributed by atoms with E-state index in [0.717, 1.165) is 13.0 Å². The van der Waals surface area contributed by atoms with Gasteiger partial charge < -0.3 is 10.2 Å². The molecule has 1 N–H and O–H groups in total. The summed E-state index contributed by atoms with van der Waals surface area (Å²) in [7, 11) is -2.95. The number of nitrogens with one attached hydrogen (secondary N) is 1. The van der Waals surface area contributed by atoms with E-state index in [1.807, 2.05) is 0 Å². The van der Waals surface area contributed by atoms with Gasteiger partial charge in [-0.05, 0) is 37.5 Å². The van der Waals surface area contributed by atoms with E-state index < -0.39 is 9.84 Å². The van der Waals surface area contributed by atoms with E-state index in [2.05, 4.69) is 5.32 Å². The number of carbonyl (C=O) groups is 2. The first kappa shape index (κ1) is 15.6. The molecule has 124 valence electrons. The molecule has 3 amide bonds. The molecular formula is C14H23N3O4S. The van der Waals surface area contributed by atoms with Gasteiger partial charge in [0, 0.05) is 13.1 Å². The first-order valence-electron chi connectivity index (χ1n) is 7.94. The van der Waals surface area contributed by atoms with Crippen molar-refractivity contribution in [2.75, 3.05) is 37.8 Å². The monoisotopic (exact) mass is 329 g/mol. The summed E-state index contributed by atoms with van der Waals surface area (Å²) in [5, 5.41) is 2.79. The van der Waals surface area contributed by atoms with Gasteiger partial charge in [-0.2, -0.15) is 0 Å². The molecule has 2 aliphatic heterocycles. The van der Waals surface area contributed by atoms with Gasteiger partial charge in [0.25, 0.3) is 0 Å². The maximum absolute atomic E-state index is 12.1. The summed E-state index contributed by atoms with van der Waals surface area (Å²) < 4.78 is 23.2. The van der Waals surface area contributed by atoms with Crippen molar-refractivity contribution in [3.8, 4) is 0 Å². The average molecular weight is 329 g/mol. The second kappa shape index (κ2) is 6.06. The molecule has 2 saturated heterocycles. The van der Waals surface area contributed by atoms with Crippen molar-refractivity contribution in [1.29, 1.82) is 0 Å². The number of carbonyl (C=O) groups excluding carboxylic acids is 2. The maximum atomic E-state index is 12.1. The Bertz CT molecular complexity index is 558. The van der Waals surface area contributed by atoms with E-state index in [1.54, 1.807) is 4.90 Å². The van der Waals surface area contributed by atoms with Crippen molar-refractivity contribution in [3.05, 3.63) is 0 Å². The molecule has 1 saturated carbocycles. The van der Waals surface area contributed by atoms with Crippen molar-refractivity contribution >= 4 is 21.8 Å². The summed E-state index contributed by atoms with van der Waals surface area (Å²) in [5.74, 6) is 1.01. The van der Waals surface area contributed by atoms with Crippen LogP contribution in [0.2, 0.25) is 0 Å². The van der Waals surface area contributed by atoms with Crippen LogP contribution in [0.15, 0.2) is 0 Å². The molecule has 2 heterocycles. The molecule has 1 aliphatic carbocycles. The summed E-state index contributed by atoms with van der Waals surface area (Å²) >= 11 is 0. The number of rotatable bonds is 4. The topological polar surface area (TPSA) is 86.8 Å². The van der Waals surface area contributed by atoms with Gasteiger partial charge in [-0.3, -0.25) is 9.69 Å². The van der Waals surface area contributed by atoms with Gasteiger partial charge in [0.05, 0.1) is 18.2 Å². The normalized spacial score (nSPS) is 28.0. The Morgan fingerprint density at radius 1 is 1.23 bits per heavy atom. The Labute approximate surface area is 130 Å². The zero-order valence-electron chi connectivity index (χ0n) is 12.7. The number of hydrogen-bond donors (Lipinski definition) is 1. The highest BCUT2D eigenvalue weighted by Gasteiger charge is 2.35. The van der Waals surface area contributed by atoms with Crippen LogP contribution in [0.5, 0.6) is 0 Å². The van der Waals surface area contributed by atoms with E-state index in [4.69, 9.17) is 0 Å². The van der Waals surface area contributed by atoms with E-state index in [1.165, 1.54) is 17.7 Å². The van der Waals surface area contributed by atoms with Crippen molar-refractivity contribution in [1.82, 2.24) is 15.1 Å². The summed E-state index contributed by atoms with van der Waals surface area (Å²) in [6, 6.07) is -0.269. The van der Waals surface area contributed by atoms with Gasteiger partial charge in [0.2, 0.25) is 5.91 Å². The fourth-order valence-corrected chi connectivity index (χ4v) is 4.90. The van der Waals surface area contributed by atoms with Crippen LogP contribution in [0.1, 0.15) is 25.7 Å². The van der Waals surface area contributed by atoms with Gasteiger partial charge in [0.1, 0.15) is 6.54 Å². The third-order valence-electron chi connectivity index (χ3n) is 4.58. The summed E-state index contributed by atoms with van der Waals surface area (Å²) in [6.07, 6.45) is 3.84. The quantitative estimate of drug-likeness (QED) is 0.788. The SMILES string of the molecule is O=C1CN(C(=O)NCC2CCCS(=O)(=O)C2)CN1CC1CC1. The molecule has 3 rings (SSSR count). The number of nitrogens with zero attached hydrogens (tertiary/aromatic N) is 2. The molecule has 7 nitrogen and oxygen atoms in total. The molecule has 0 aromatic carbocycles. The molecule has 0 aromatic heterocycles. The van der Waals surface area contributed by atoms with E-state index >= 15 is 0 Å². The fourth-order valence-electron chi connectivity index (χ4n) is 3.13. The van der Waals surface area contributed by atoms with Crippen LogP contribution >= 0.6 is 0 Å². The summed E-state index contributed by atoms with van der Waals surface area (Å²) in [4.78, 5) is 27.2. The van der Waals surface area contributed by atoms with Crippen LogP contribution < -0.4 is 5.32 Å². The average Bonchev–Trinajstić information content (AvgIpc) is 3.18. The molecule has 3 aliphatic rings. The lowest BCUT2D eigenvalue weighted by Gasteiger charge is -2.24. The molecular weight excluding hydrogens is 306 g/mol. The molecule has 0 radical (unpaired) electrons. The minimum Gasteiger partial charge on any atom is -0.338 e. The minimum atomic E-state index is -2.95. The van der Waals surface area contributed by atoms with Gasteiger partial charge in [-0.25, -0.2) is 13.2 Å². The molecule has 1 unspecified atom stereocenters. The first-order valence-corrected chi connectivity index (χ1v) is 9.76. The zero-order chi connectivity index (χ0) is 15.7. The van der Waals surface area contributed by atoms with Gasteiger partial charge in [-0.15, -0.1) is 0 Å². The van der Waals surface area contributed by atoms with Gasteiger partial charge in [-0.1, -0.05) is 0 Å². The standard InChI is InChI=1S/C14H23N3O4S/c18-13-8-17(10-16(13)7-11-3-4-11)14(19)15-6-12-2-1-5-22(20,21)9-12/h11-12H,1-10H2,(H,15,19). The third kappa shape index (κ3) is 3.91. The highest BCUT2D eigenvalue weighted by Crippen LogP contribution is 2.30. The first-order chi connectivity index (χ1) is 10.4. The van der Waals surface area contributed by atoms with Crippen LogP contribution in [0.25, 0.3) is 0 Å². The lowest BCUT2D eigenvalue weighted by molar-refractivity contribution is -0.126. The van der Waals surface area contributed by atoms with Gasteiger partial charge in [0.15, 0.2) is 9.84 Å². The lowest BCUT2D eigenvalue weighted by Crippen LogP contribution is -2.43. The van der Waals surface area contributed by atoms with E-state index in [0.29, 0.717) is 25.6 Å². The molecule has 22 heavy (non-hydrogen) atoms. The third-order valence-corrected chi connectivity index (χ3v) is 6.47. The second-order valence-electron chi connectivity index (χ2n) is 6.71. The Kier molecular flexibility index (Phi) is 4.29. The number of amides is 3. The van der Waals surface area contributed by atoms with Crippen molar-refractivity contribution in [3.63, 3.8) is 0 Å². The van der Waals surface area contributed by atoms with Crippen molar-refractivity contribution in [2.45, 2.75) is 25.7 Å². The second-order valence-corrected chi connectivity index (χ2v) is 8.94. The predicted molar refractivity (Wildman–Crippen MR) is 80.8 cm³/mol. The predicted octanol–water partition coefficient (Wildman–Crippen LogP) is 0.0325. The smallest absolute Gasteiger partial charge is 0.319 e. The Morgan fingerprint density at radius 2 is 2.00 bits per heavy atom. The lowest BCUT2D eigenvalue weighted by atomic mass is 10.1. The molecule has 1 atom stereocenters. The molecule has 0 spiro atoms. The summed E-state index contributed by atoms with van der Waals surface area (Å²) in [5.41, 5.74) is 0. The van der Waals surface area contributed by atoms with Gasteiger partial charge >= 0.3 is 6.03 Å². The number of sulfone groups is 1. The Balaban J connectivity index is 1.45. The molecule has 3 fully saturated rings. The van der Waals surface area contributed by atoms with Crippen molar-refractivity contribution < 1.29 is 18.0 Å². The van der Waals surface area contributed by atoms with Crippen LogP contribution in [-0.4, -0.2) is 68.0 Å². The molecule has 8 heteroatoms. The number of hydrogen-bond acceptors (Lipinski definition) is 4. The Morgan fingerprint density at radius 3 is 2.68 bits per heavy atom. The highest BCUT2D eigenvalue weighted by molar-refractivity contribution is 7.91. The summed E-state index contributed by atoms with van der Waals surface area (Å²) in [6.45, 7) is 1.60. The van der Waals surface area contributed by atoms with Crippen LogP contribution in [0, 0.1) is 11.8 Å². The van der Waals surface area contributed by atoms with Crippen LogP contribution in [-0.2, 0) is 14.6 Å². The van der Waals surface area contributed by atoms with E-state index in [9.17, 15) is 18.0 Å². The number of urea groups is 1. The molecule has 0 aromatic rings. The fraction of sp³-hybridized carbons (Fsp3) is 0.857. The minimum absolute atomic E-state index is 0.00212.